The Balaban J connectivity index is 1.93. The zero-order valence-electron chi connectivity index (χ0n) is 16.2. The number of anilines is 1. The van der Waals surface area contributed by atoms with Crippen molar-refractivity contribution in [3.05, 3.63) is 52.1 Å². The minimum atomic E-state index is -1.25. The van der Waals surface area contributed by atoms with E-state index in [1.54, 1.807) is 6.92 Å². The number of aliphatic carboxylic acids is 1. The van der Waals surface area contributed by atoms with Crippen LogP contribution in [0, 0.1) is 5.82 Å². The van der Waals surface area contributed by atoms with Gasteiger partial charge in [-0.3, -0.25) is 4.68 Å². The highest BCUT2D eigenvalue weighted by molar-refractivity contribution is 6.36. The number of hydrogen-bond donors (Lipinski definition) is 2. The lowest BCUT2D eigenvalue weighted by molar-refractivity contribution is -0.146. The standard InChI is InChI=1S/C19H18Cl2FN5O3/c1-9(14-11(20)4-5-12(22)15(14)21)30-17-16(23)24-7-13(26-17)10-6-25-27(8-10)19(2,3)18(28)29/h4-9H,1-3H3,(H2,23,24)(H,28,29). The van der Waals surface area contributed by atoms with Crippen molar-refractivity contribution in [3.8, 4) is 17.1 Å². The Bertz CT molecular complexity index is 1120. The van der Waals surface area contributed by atoms with Gasteiger partial charge in [-0.15, -0.1) is 0 Å². The number of ether oxygens (including phenoxy) is 1. The number of nitrogen functional groups attached to an aromatic ring is 1. The molecule has 8 nitrogen and oxygen atoms in total. The van der Waals surface area contributed by atoms with Gasteiger partial charge in [0.15, 0.2) is 11.4 Å². The summed E-state index contributed by atoms with van der Waals surface area (Å²) < 4.78 is 20.9. The minimum Gasteiger partial charge on any atom is -0.479 e. The van der Waals surface area contributed by atoms with Gasteiger partial charge in [0, 0.05) is 22.3 Å². The minimum absolute atomic E-state index is 0.00695. The molecule has 0 aliphatic heterocycles. The van der Waals surface area contributed by atoms with E-state index >= 15 is 0 Å². The molecule has 158 valence electrons. The molecule has 0 aliphatic carbocycles. The van der Waals surface area contributed by atoms with Gasteiger partial charge in [0.25, 0.3) is 5.88 Å². The number of carbonyl (C=O) groups is 1. The van der Waals surface area contributed by atoms with Gasteiger partial charge in [-0.25, -0.2) is 19.2 Å². The zero-order valence-corrected chi connectivity index (χ0v) is 17.7. The van der Waals surface area contributed by atoms with Crippen LogP contribution in [0.3, 0.4) is 0 Å². The normalized spacial score (nSPS) is 12.6. The first-order valence-corrected chi connectivity index (χ1v) is 9.49. The van der Waals surface area contributed by atoms with Crippen molar-refractivity contribution in [2.45, 2.75) is 32.4 Å². The quantitative estimate of drug-likeness (QED) is 0.533. The van der Waals surface area contributed by atoms with Crippen LogP contribution in [-0.4, -0.2) is 30.8 Å². The zero-order chi connectivity index (χ0) is 22.2. The maximum Gasteiger partial charge on any atom is 0.331 e. The van der Waals surface area contributed by atoms with Crippen molar-refractivity contribution in [1.82, 2.24) is 19.7 Å². The molecular weight excluding hydrogens is 436 g/mol. The molecule has 1 aromatic carbocycles. The van der Waals surface area contributed by atoms with Gasteiger partial charge in [-0.05, 0) is 32.9 Å². The average molecular weight is 454 g/mol. The molecule has 30 heavy (non-hydrogen) atoms. The summed E-state index contributed by atoms with van der Waals surface area (Å²) in [4.78, 5) is 19.8. The third-order valence-electron chi connectivity index (χ3n) is 4.52. The van der Waals surface area contributed by atoms with Crippen LogP contribution in [0.25, 0.3) is 11.3 Å². The Kier molecular flexibility index (Phi) is 5.87. The SMILES string of the molecule is CC(Oc1nc(-c2cnn(C(C)(C)C(=O)O)c2)cnc1N)c1c(Cl)ccc(F)c1Cl. The summed E-state index contributed by atoms with van der Waals surface area (Å²) in [6.45, 7) is 4.65. The van der Waals surface area contributed by atoms with E-state index < -0.39 is 23.4 Å². The number of carboxylic acids is 1. The van der Waals surface area contributed by atoms with Crippen molar-refractivity contribution in [3.63, 3.8) is 0 Å². The fourth-order valence-corrected chi connectivity index (χ4v) is 3.29. The van der Waals surface area contributed by atoms with Crippen molar-refractivity contribution >= 4 is 35.0 Å². The lowest BCUT2D eigenvalue weighted by Gasteiger charge is -2.19. The van der Waals surface area contributed by atoms with Crippen LogP contribution >= 0.6 is 23.2 Å². The maximum atomic E-state index is 13.8. The first-order chi connectivity index (χ1) is 14.0. The molecule has 3 rings (SSSR count). The van der Waals surface area contributed by atoms with Gasteiger partial charge in [0.05, 0.1) is 23.1 Å². The van der Waals surface area contributed by atoms with Gasteiger partial charge >= 0.3 is 5.97 Å². The molecule has 0 radical (unpaired) electrons. The second-order valence-corrected chi connectivity index (χ2v) is 7.79. The fraction of sp³-hybridized carbons (Fsp3) is 0.263. The predicted molar refractivity (Wildman–Crippen MR) is 110 cm³/mol. The maximum absolute atomic E-state index is 13.8. The fourth-order valence-electron chi connectivity index (χ4n) is 2.61. The molecule has 0 bridgehead atoms. The van der Waals surface area contributed by atoms with Crippen LogP contribution in [0.15, 0.2) is 30.7 Å². The van der Waals surface area contributed by atoms with Crippen LogP contribution in [-0.2, 0) is 10.3 Å². The van der Waals surface area contributed by atoms with Crippen LogP contribution < -0.4 is 10.5 Å². The highest BCUT2D eigenvalue weighted by Gasteiger charge is 2.30. The highest BCUT2D eigenvalue weighted by Crippen LogP contribution is 2.35. The number of nitrogens with zero attached hydrogens (tertiary/aromatic N) is 4. The van der Waals surface area contributed by atoms with E-state index in [-0.39, 0.29) is 27.3 Å². The Labute approximate surface area is 181 Å². The van der Waals surface area contributed by atoms with Crippen LogP contribution in [0.4, 0.5) is 10.2 Å². The first kappa shape index (κ1) is 21.8. The number of nitrogens with two attached hydrogens (primary N) is 1. The molecule has 3 N–H and O–H groups in total. The summed E-state index contributed by atoms with van der Waals surface area (Å²) in [5, 5.41) is 13.5. The highest BCUT2D eigenvalue weighted by atomic mass is 35.5. The van der Waals surface area contributed by atoms with E-state index in [2.05, 4.69) is 15.1 Å². The number of carboxylic acid groups (broad SMARTS) is 1. The molecule has 0 fully saturated rings. The van der Waals surface area contributed by atoms with Crippen LogP contribution in [0.2, 0.25) is 10.0 Å². The predicted octanol–water partition coefficient (Wildman–Crippen LogP) is 4.33. The lowest BCUT2D eigenvalue weighted by Crippen LogP contribution is -2.35. The number of rotatable bonds is 6. The summed E-state index contributed by atoms with van der Waals surface area (Å²) in [5.74, 6) is -1.68. The second-order valence-electron chi connectivity index (χ2n) is 7.00. The van der Waals surface area contributed by atoms with Gasteiger partial charge in [0.1, 0.15) is 11.9 Å². The third-order valence-corrected chi connectivity index (χ3v) is 5.23. The molecule has 11 heteroatoms. The number of halogens is 3. The van der Waals surface area contributed by atoms with E-state index in [9.17, 15) is 14.3 Å². The summed E-state index contributed by atoms with van der Waals surface area (Å²) in [7, 11) is 0. The molecule has 1 unspecified atom stereocenters. The molecular formula is C19H18Cl2FN5O3. The summed E-state index contributed by atoms with van der Waals surface area (Å²) >= 11 is 12.2. The topological polar surface area (TPSA) is 116 Å². The van der Waals surface area contributed by atoms with Gasteiger partial charge < -0.3 is 15.6 Å². The Hall–Kier alpha value is -2.91. The van der Waals surface area contributed by atoms with Gasteiger partial charge in [-0.2, -0.15) is 5.10 Å². The van der Waals surface area contributed by atoms with E-state index in [4.69, 9.17) is 33.7 Å². The Morgan fingerprint density at radius 3 is 2.70 bits per heavy atom. The Morgan fingerprint density at radius 2 is 2.03 bits per heavy atom. The van der Waals surface area contributed by atoms with E-state index in [0.717, 1.165) is 6.07 Å². The van der Waals surface area contributed by atoms with Crippen LogP contribution in [0.5, 0.6) is 5.88 Å². The van der Waals surface area contributed by atoms with Crippen molar-refractivity contribution in [2.75, 3.05) is 5.73 Å². The molecule has 2 aromatic heterocycles. The largest absolute Gasteiger partial charge is 0.479 e. The second kappa shape index (κ2) is 8.08. The van der Waals surface area contributed by atoms with Gasteiger partial charge in [0.2, 0.25) is 0 Å². The molecule has 1 atom stereocenters. The number of aromatic nitrogens is 4. The number of benzene rings is 1. The molecule has 0 saturated heterocycles. The van der Waals surface area contributed by atoms with Crippen molar-refractivity contribution in [2.24, 2.45) is 0 Å². The summed E-state index contributed by atoms with van der Waals surface area (Å²) in [6, 6.07) is 2.54. The van der Waals surface area contributed by atoms with Crippen molar-refractivity contribution in [1.29, 1.82) is 0 Å². The Morgan fingerprint density at radius 1 is 1.33 bits per heavy atom. The van der Waals surface area contributed by atoms with Crippen LogP contribution in [0.1, 0.15) is 32.4 Å². The average Bonchev–Trinajstić information content (AvgIpc) is 3.17. The molecule has 2 heterocycles. The first-order valence-electron chi connectivity index (χ1n) is 8.73. The molecule has 3 aromatic rings. The number of hydrogen-bond acceptors (Lipinski definition) is 6. The van der Waals surface area contributed by atoms with E-state index in [1.807, 2.05) is 0 Å². The third kappa shape index (κ3) is 4.03. The smallest absolute Gasteiger partial charge is 0.331 e. The van der Waals surface area contributed by atoms with E-state index in [1.165, 1.54) is 43.2 Å². The molecule has 0 amide bonds. The summed E-state index contributed by atoms with van der Waals surface area (Å²) in [6.07, 6.45) is 3.62. The molecule has 0 spiro atoms. The molecule has 0 aliphatic rings. The van der Waals surface area contributed by atoms with Crippen molar-refractivity contribution < 1.29 is 19.0 Å². The summed E-state index contributed by atoms with van der Waals surface area (Å²) in [5.41, 5.74) is 5.74. The monoisotopic (exact) mass is 453 g/mol. The lowest BCUT2D eigenvalue weighted by atomic mass is 10.1. The van der Waals surface area contributed by atoms with E-state index in [0.29, 0.717) is 11.3 Å². The van der Waals surface area contributed by atoms with Gasteiger partial charge in [-0.1, -0.05) is 23.2 Å². The molecule has 0 saturated carbocycles.